The van der Waals surface area contributed by atoms with Gasteiger partial charge >= 0.3 is 0 Å². The van der Waals surface area contributed by atoms with Crippen molar-refractivity contribution in [3.05, 3.63) is 17.5 Å². The number of β-amino-alcohol motifs (C(OH)–C–C–N with tert-alkyl or cyclic N) is 1. The third-order valence-electron chi connectivity index (χ3n) is 2.63. The Balaban J connectivity index is 2.11. The summed E-state index contributed by atoms with van der Waals surface area (Å²) in [7, 11) is 0. The predicted octanol–water partition coefficient (Wildman–Crippen LogP) is 0.580. The number of rotatable bonds is 1. The van der Waals surface area contributed by atoms with Gasteiger partial charge in [0.15, 0.2) is 0 Å². The lowest BCUT2D eigenvalue weighted by Crippen LogP contribution is -2.42. The highest BCUT2D eigenvalue weighted by Crippen LogP contribution is 2.15. The van der Waals surface area contributed by atoms with E-state index in [0.29, 0.717) is 13.1 Å². The minimum atomic E-state index is -0.411. The Hall–Kier alpha value is -1.36. The number of aromatic nitrogens is 1. The Bertz CT molecular complexity index is 361. The van der Waals surface area contributed by atoms with Crippen molar-refractivity contribution in [1.82, 2.24) is 10.1 Å². The van der Waals surface area contributed by atoms with Crippen LogP contribution in [0.4, 0.5) is 0 Å². The van der Waals surface area contributed by atoms with Crippen molar-refractivity contribution >= 4 is 5.91 Å². The molecule has 15 heavy (non-hydrogen) atoms. The second-order valence-corrected chi connectivity index (χ2v) is 3.89. The number of hydrogen-bond donors (Lipinski definition) is 1. The Morgan fingerprint density at radius 1 is 1.73 bits per heavy atom. The molecule has 5 nitrogen and oxygen atoms in total. The number of carbonyl (C=O) groups excluding carboxylic acids is 1. The summed E-state index contributed by atoms with van der Waals surface area (Å²) in [5.74, 6) is 0.104. The summed E-state index contributed by atoms with van der Waals surface area (Å²) in [5.41, 5.74) is 0.736. The zero-order valence-corrected chi connectivity index (χ0v) is 8.64. The van der Waals surface area contributed by atoms with Crippen LogP contribution in [0.25, 0.3) is 0 Å². The summed E-state index contributed by atoms with van der Waals surface area (Å²) in [5, 5.41) is 13.0. The molecule has 2 heterocycles. The zero-order chi connectivity index (χ0) is 10.8. The maximum Gasteiger partial charge on any atom is 0.292 e. The van der Waals surface area contributed by atoms with Crippen LogP contribution in [0.1, 0.15) is 29.0 Å². The largest absolute Gasteiger partial charge is 0.391 e. The normalized spacial score (nSPS) is 21.7. The summed E-state index contributed by atoms with van der Waals surface area (Å²) in [6, 6.07) is 0. The van der Waals surface area contributed by atoms with Crippen LogP contribution >= 0.6 is 0 Å². The number of carbonyl (C=O) groups is 1. The standard InChI is InChI=1S/C10H14N2O3/c1-7-5-11-15-9(7)10(14)12-4-2-3-8(13)6-12/h5,8,13H,2-4,6H2,1H3/t8-/m0/s1. The van der Waals surface area contributed by atoms with E-state index in [9.17, 15) is 9.90 Å². The van der Waals surface area contributed by atoms with Gasteiger partial charge in [-0.25, -0.2) is 0 Å². The minimum Gasteiger partial charge on any atom is -0.391 e. The van der Waals surface area contributed by atoms with E-state index in [2.05, 4.69) is 5.16 Å². The van der Waals surface area contributed by atoms with E-state index in [-0.39, 0.29) is 11.7 Å². The molecule has 0 radical (unpaired) electrons. The molecular weight excluding hydrogens is 196 g/mol. The molecule has 2 rings (SSSR count). The van der Waals surface area contributed by atoms with Crippen molar-refractivity contribution in [1.29, 1.82) is 0 Å². The maximum atomic E-state index is 11.9. The summed E-state index contributed by atoms with van der Waals surface area (Å²) in [6.07, 6.45) is 2.71. The van der Waals surface area contributed by atoms with Crippen molar-refractivity contribution in [2.75, 3.05) is 13.1 Å². The molecule has 1 amide bonds. The van der Waals surface area contributed by atoms with E-state index in [1.54, 1.807) is 11.8 Å². The predicted molar refractivity (Wildman–Crippen MR) is 52.4 cm³/mol. The van der Waals surface area contributed by atoms with Gasteiger partial charge in [0.1, 0.15) is 0 Å². The lowest BCUT2D eigenvalue weighted by molar-refractivity contribution is 0.0440. The molecule has 1 aromatic heterocycles. The Morgan fingerprint density at radius 2 is 2.53 bits per heavy atom. The molecule has 0 spiro atoms. The summed E-state index contributed by atoms with van der Waals surface area (Å²) >= 11 is 0. The number of likely N-dealkylation sites (tertiary alicyclic amines) is 1. The Kier molecular flexibility index (Phi) is 2.73. The molecule has 82 valence electrons. The second kappa shape index (κ2) is 4.02. The number of piperidine rings is 1. The number of nitrogens with zero attached hydrogens (tertiary/aromatic N) is 2. The molecule has 0 aliphatic carbocycles. The average molecular weight is 210 g/mol. The maximum absolute atomic E-state index is 11.9. The first-order valence-electron chi connectivity index (χ1n) is 5.07. The SMILES string of the molecule is Cc1cnoc1C(=O)N1CCC[C@H](O)C1. The van der Waals surface area contributed by atoms with Crippen LogP contribution in [0.3, 0.4) is 0 Å². The molecule has 0 bridgehead atoms. The third kappa shape index (κ3) is 2.02. The van der Waals surface area contributed by atoms with Gasteiger partial charge in [0.25, 0.3) is 5.91 Å². The van der Waals surface area contributed by atoms with Gasteiger partial charge in [-0.1, -0.05) is 5.16 Å². The first kappa shape index (κ1) is 10.2. The molecule has 1 aromatic rings. The van der Waals surface area contributed by atoms with Crippen molar-refractivity contribution in [3.63, 3.8) is 0 Å². The number of amides is 1. The number of hydrogen-bond acceptors (Lipinski definition) is 4. The van der Waals surface area contributed by atoms with Gasteiger partial charge in [0.2, 0.25) is 5.76 Å². The van der Waals surface area contributed by atoms with E-state index in [1.807, 2.05) is 0 Å². The molecule has 1 aliphatic rings. The smallest absolute Gasteiger partial charge is 0.292 e. The van der Waals surface area contributed by atoms with Crippen molar-refractivity contribution in [3.8, 4) is 0 Å². The molecular formula is C10H14N2O3. The molecule has 1 atom stereocenters. The minimum absolute atomic E-state index is 0.177. The fourth-order valence-electron chi connectivity index (χ4n) is 1.78. The summed E-state index contributed by atoms with van der Waals surface area (Å²) in [4.78, 5) is 13.5. The lowest BCUT2D eigenvalue weighted by Gasteiger charge is -2.29. The van der Waals surface area contributed by atoms with Gasteiger partial charge in [-0.2, -0.15) is 0 Å². The first-order chi connectivity index (χ1) is 7.18. The van der Waals surface area contributed by atoms with Crippen LogP contribution in [0.2, 0.25) is 0 Å². The Labute approximate surface area is 87.7 Å². The quantitative estimate of drug-likeness (QED) is 0.736. The summed E-state index contributed by atoms with van der Waals surface area (Å²) < 4.78 is 4.89. The van der Waals surface area contributed by atoms with E-state index in [0.717, 1.165) is 18.4 Å². The highest BCUT2D eigenvalue weighted by molar-refractivity contribution is 5.92. The van der Waals surface area contributed by atoms with Crippen molar-refractivity contribution < 1.29 is 14.4 Å². The monoisotopic (exact) mass is 210 g/mol. The van der Waals surface area contributed by atoms with Gasteiger partial charge in [-0.05, 0) is 19.8 Å². The van der Waals surface area contributed by atoms with Crippen LogP contribution in [0.5, 0.6) is 0 Å². The van der Waals surface area contributed by atoms with Gasteiger partial charge in [-0.3, -0.25) is 4.79 Å². The van der Waals surface area contributed by atoms with Crippen LogP contribution in [0.15, 0.2) is 10.7 Å². The van der Waals surface area contributed by atoms with E-state index in [1.165, 1.54) is 6.20 Å². The average Bonchev–Trinajstić information content (AvgIpc) is 2.63. The molecule has 0 saturated carbocycles. The molecule has 0 unspecified atom stereocenters. The third-order valence-corrected chi connectivity index (χ3v) is 2.63. The lowest BCUT2D eigenvalue weighted by atomic mass is 10.1. The van der Waals surface area contributed by atoms with Gasteiger partial charge in [-0.15, -0.1) is 0 Å². The topological polar surface area (TPSA) is 66.6 Å². The van der Waals surface area contributed by atoms with Crippen molar-refractivity contribution in [2.24, 2.45) is 0 Å². The second-order valence-electron chi connectivity index (χ2n) is 3.89. The van der Waals surface area contributed by atoms with Crippen LogP contribution in [-0.2, 0) is 0 Å². The zero-order valence-electron chi connectivity index (χ0n) is 8.64. The van der Waals surface area contributed by atoms with Crippen molar-refractivity contribution in [2.45, 2.75) is 25.9 Å². The fraction of sp³-hybridized carbons (Fsp3) is 0.600. The number of aliphatic hydroxyl groups is 1. The van der Waals surface area contributed by atoms with Gasteiger partial charge in [0.05, 0.1) is 12.3 Å². The summed E-state index contributed by atoms with van der Waals surface area (Å²) in [6.45, 7) is 2.85. The van der Waals surface area contributed by atoms with Crippen LogP contribution < -0.4 is 0 Å². The van der Waals surface area contributed by atoms with Gasteiger partial charge < -0.3 is 14.5 Å². The fourth-order valence-corrected chi connectivity index (χ4v) is 1.78. The Morgan fingerprint density at radius 3 is 3.13 bits per heavy atom. The molecule has 1 aliphatic heterocycles. The van der Waals surface area contributed by atoms with Crippen LogP contribution in [0, 0.1) is 6.92 Å². The van der Waals surface area contributed by atoms with E-state index < -0.39 is 6.10 Å². The highest BCUT2D eigenvalue weighted by atomic mass is 16.5. The first-order valence-corrected chi connectivity index (χ1v) is 5.07. The van der Waals surface area contributed by atoms with Gasteiger partial charge in [0, 0.05) is 18.7 Å². The molecule has 5 heteroatoms. The van der Waals surface area contributed by atoms with Crippen LogP contribution in [-0.4, -0.2) is 40.3 Å². The number of aryl methyl sites for hydroxylation is 1. The molecule has 1 saturated heterocycles. The molecule has 0 aromatic carbocycles. The highest BCUT2D eigenvalue weighted by Gasteiger charge is 2.26. The van der Waals surface area contributed by atoms with E-state index >= 15 is 0 Å². The molecule has 1 fully saturated rings. The number of aliphatic hydroxyl groups excluding tert-OH is 1. The molecule has 1 N–H and O–H groups in total. The van der Waals surface area contributed by atoms with E-state index in [4.69, 9.17) is 4.52 Å².